The largest absolute Gasteiger partial charge is 0.382 e. The third kappa shape index (κ3) is 7.71. The highest BCUT2D eigenvalue weighted by Crippen LogP contribution is 2.04. The average Bonchev–Trinajstić information content (AvgIpc) is 2.38. The normalized spacial score (nSPS) is 12.0. The number of hydrogen-bond acceptors (Lipinski definition) is 3. The highest BCUT2D eigenvalue weighted by Gasteiger charge is 2.19. The molecule has 0 aliphatic rings. The lowest BCUT2D eigenvalue weighted by Gasteiger charge is -2.35. The Kier molecular flexibility index (Phi) is 10.9. The van der Waals surface area contributed by atoms with E-state index >= 15 is 0 Å². The highest BCUT2D eigenvalue weighted by molar-refractivity contribution is 4.39. The number of likely N-dealkylation sites (N-methyl/N-ethyl adjacent to an activating group) is 1. The molecule has 4 nitrogen and oxygen atoms in total. The molecule has 104 valence electrons. The zero-order valence-corrected chi connectivity index (χ0v) is 12.0. The van der Waals surface area contributed by atoms with Crippen LogP contribution in [-0.2, 0) is 14.2 Å². The first-order chi connectivity index (χ1) is 8.24. The summed E-state index contributed by atoms with van der Waals surface area (Å²) in [5.74, 6) is 0. The predicted octanol–water partition coefficient (Wildman–Crippen LogP) is 1.54. The zero-order chi connectivity index (χ0) is 13.0. The van der Waals surface area contributed by atoms with E-state index in [1.54, 1.807) is 7.11 Å². The van der Waals surface area contributed by atoms with Gasteiger partial charge in [-0.15, -0.1) is 0 Å². The minimum atomic E-state index is 0.652. The van der Waals surface area contributed by atoms with E-state index in [0.717, 1.165) is 17.6 Å². The quantitative estimate of drug-likeness (QED) is 0.387. The van der Waals surface area contributed by atoms with Gasteiger partial charge < -0.3 is 18.7 Å². The standard InChI is InChI=1S/C13H30NO3/c1-5-14(6-2,7-3)8-9-16-12-13-17-11-10-15-4/h5-13H2,1-4H3/q+1. The first-order valence-corrected chi connectivity index (χ1v) is 6.74. The van der Waals surface area contributed by atoms with E-state index in [1.807, 2.05) is 0 Å². The maximum Gasteiger partial charge on any atom is 0.102 e. The summed E-state index contributed by atoms with van der Waals surface area (Å²) < 4.78 is 17.0. The molecule has 0 aromatic rings. The molecule has 0 N–H and O–H groups in total. The first-order valence-electron chi connectivity index (χ1n) is 6.74. The van der Waals surface area contributed by atoms with Crippen molar-refractivity contribution in [3.63, 3.8) is 0 Å². The van der Waals surface area contributed by atoms with Gasteiger partial charge in [0.2, 0.25) is 0 Å². The Labute approximate surface area is 106 Å². The Morgan fingerprint density at radius 2 is 1.18 bits per heavy atom. The van der Waals surface area contributed by atoms with Gasteiger partial charge in [-0.2, -0.15) is 0 Å². The fraction of sp³-hybridized carbons (Fsp3) is 1.00. The van der Waals surface area contributed by atoms with E-state index in [9.17, 15) is 0 Å². The molecular formula is C13H30NO3+. The van der Waals surface area contributed by atoms with Gasteiger partial charge in [-0.1, -0.05) is 0 Å². The molecule has 0 radical (unpaired) electrons. The van der Waals surface area contributed by atoms with Crippen molar-refractivity contribution in [3.05, 3.63) is 0 Å². The van der Waals surface area contributed by atoms with Crippen LogP contribution >= 0.6 is 0 Å². The van der Waals surface area contributed by atoms with Crippen LogP contribution in [0.4, 0.5) is 0 Å². The molecule has 0 atom stereocenters. The molecule has 0 unspecified atom stereocenters. The predicted molar refractivity (Wildman–Crippen MR) is 70.3 cm³/mol. The van der Waals surface area contributed by atoms with Crippen LogP contribution in [0.3, 0.4) is 0 Å². The van der Waals surface area contributed by atoms with E-state index in [2.05, 4.69) is 20.8 Å². The van der Waals surface area contributed by atoms with Crippen molar-refractivity contribution in [2.24, 2.45) is 0 Å². The van der Waals surface area contributed by atoms with Gasteiger partial charge in [0.15, 0.2) is 0 Å². The SMILES string of the molecule is CC[N+](CC)(CC)CCOCCOCCOC. The molecular weight excluding hydrogens is 218 g/mol. The van der Waals surface area contributed by atoms with Crippen molar-refractivity contribution in [3.8, 4) is 0 Å². The molecule has 0 saturated carbocycles. The average molecular weight is 248 g/mol. The van der Waals surface area contributed by atoms with E-state index in [0.29, 0.717) is 26.4 Å². The van der Waals surface area contributed by atoms with Gasteiger partial charge in [0, 0.05) is 7.11 Å². The Hall–Kier alpha value is -0.160. The number of quaternary nitrogens is 1. The third-order valence-electron chi connectivity index (χ3n) is 3.53. The van der Waals surface area contributed by atoms with Gasteiger partial charge in [-0.25, -0.2) is 0 Å². The van der Waals surface area contributed by atoms with Gasteiger partial charge in [-0.05, 0) is 20.8 Å². The van der Waals surface area contributed by atoms with Crippen LogP contribution in [0.5, 0.6) is 0 Å². The number of nitrogens with zero attached hydrogens (tertiary/aromatic N) is 1. The minimum absolute atomic E-state index is 0.652. The monoisotopic (exact) mass is 248 g/mol. The molecule has 0 spiro atoms. The maximum absolute atomic E-state index is 5.59. The Bertz CT molecular complexity index is 152. The number of ether oxygens (including phenoxy) is 3. The van der Waals surface area contributed by atoms with Gasteiger partial charge in [-0.3, -0.25) is 0 Å². The summed E-state index contributed by atoms with van der Waals surface area (Å²) in [6, 6.07) is 0. The smallest absolute Gasteiger partial charge is 0.102 e. The molecule has 17 heavy (non-hydrogen) atoms. The highest BCUT2D eigenvalue weighted by atomic mass is 16.5. The van der Waals surface area contributed by atoms with E-state index in [4.69, 9.17) is 14.2 Å². The Morgan fingerprint density at radius 3 is 1.65 bits per heavy atom. The summed E-state index contributed by atoms with van der Waals surface area (Å²) in [6.45, 7) is 14.9. The Morgan fingerprint density at radius 1 is 0.706 bits per heavy atom. The van der Waals surface area contributed by atoms with Crippen LogP contribution in [0.25, 0.3) is 0 Å². The first kappa shape index (κ1) is 16.8. The fourth-order valence-electron chi connectivity index (χ4n) is 1.87. The molecule has 0 fully saturated rings. The van der Waals surface area contributed by atoms with Gasteiger partial charge >= 0.3 is 0 Å². The molecule has 0 heterocycles. The van der Waals surface area contributed by atoms with Gasteiger partial charge in [0.25, 0.3) is 0 Å². The van der Waals surface area contributed by atoms with Crippen molar-refractivity contribution in [1.82, 2.24) is 0 Å². The molecule has 0 aromatic carbocycles. The second-order valence-corrected chi connectivity index (χ2v) is 4.23. The molecule has 4 heteroatoms. The van der Waals surface area contributed by atoms with Crippen molar-refractivity contribution in [1.29, 1.82) is 0 Å². The number of hydrogen-bond donors (Lipinski definition) is 0. The van der Waals surface area contributed by atoms with Crippen molar-refractivity contribution in [2.75, 3.05) is 66.3 Å². The van der Waals surface area contributed by atoms with Gasteiger partial charge in [0.1, 0.15) is 6.54 Å². The molecule has 0 rings (SSSR count). The molecule has 0 aromatic heterocycles. The summed E-state index contributed by atoms with van der Waals surface area (Å²) in [4.78, 5) is 0. The zero-order valence-electron chi connectivity index (χ0n) is 12.0. The van der Waals surface area contributed by atoms with Crippen molar-refractivity contribution >= 4 is 0 Å². The molecule has 0 aliphatic heterocycles. The Balaban J connectivity index is 3.43. The lowest BCUT2D eigenvalue weighted by atomic mass is 10.3. The van der Waals surface area contributed by atoms with Crippen LogP contribution in [0.1, 0.15) is 20.8 Å². The fourth-order valence-corrected chi connectivity index (χ4v) is 1.87. The summed E-state index contributed by atoms with van der Waals surface area (Å²) in [6.07, 6.45) is 0. The summed E-state index contributed by atoms with van der Waals surface area (Å²) in [5, 5.41) is 0. The summed E-state index contributed by atoms with van der Waals surface area (Å²) in [7, 11) is 1.68. The van der Waals surface area contributed by atoms with Crippen LogP contribution in [0, 0.1) is 0 Å². The van der Waals surface area contributed by atoms with Crippen LogP contribution in [0.15, 0.2) is 0 Å². The number of methoxy groups -OCH3 is 1. The third-order valence-corrected chi connectivity index (χ3v) is 3.53. The van der Waals surface area contributed by atoms with Crippen LogP contribution in [0.2, 0.25) is 0 Å². The minimum Gasteiger partial charge on any atom is -0.382 e. The van der Waals surface area contributed by atoms with Crippen LogP contribution < -0.4 is 0 Å². The molecule has 0 aliphatic carbocycles. The second-order valence-electron chi connectivity index (χ2n) is 4.23. The van der Waals surface area contributed by atoms with Crippen molar-refractivity contribution < 1.29 is 18.7 Å². The van der Waals surface area contributed by atoms with Crippen molar-refractivity contribution in [2.45, 2.75) is 20.8 Å². The topological polar surface area (TPSA) is 27.7 Å². The maximum atomic E-state index is 5.59. The molecule has 0 saturated heterocycles. The summed E-state index contributed by atoms with van der Waals surface area (Å²) in [5.41, 5.74) is 0. The lowest BCUT2D eigenvalue weighted by Crippen LogP contribution is -2.49. The second kappa shape index (κ2) is 11.0. The number of rotatable bonds is 12. The van der Waals surface area contributed by atoms with Gasteiger partial charge in [0.05, 0.1) is 52.7 Å². The van der Waals surface area contributed by atoms with Crippen LogP contribution in [-0.4, -0.2) is 70.8 Å². The molecule has 0 amide bonds. The van der Waals surface area contributed by atoms with E-state index in [1.165, 1.54) is 19.6 Å². The van der Waals surface area contributed by atoms with E-state index in [-0.39, 0.29) is 0 Å². The molecule has 0 bridgehead atoms. The van der Waals surface area contributed by atoms with E-state index < -0.39 is 0 Å². The summed E-state index contributed by atoms with van der Waals surface area (Å²) >= 11 is 0. The lowest BCUT2D eigenvalue weighted by molar-refractivity contribution is -0.923.